The molecule has 136 valence electrons. The molecule has 3 N–H and O–H groups in total. The number of carbonyl (C=O) groups excluding carboxylic acids is 1. The zero-order valence-corrected chi connectivity index (χ0v) is 14.3. The van der Waals surface area contributed by atoms with Crippen molar-refractivity contribution < 1.29 is 24.9 Å². The molecule has 25 heavy (non-hydrogen) atoms. The first kappa shape index (κ1) is 19.3. The predicted molar refractivity (Wildman–Crippen MR) is 94.6 cm³/mol. The Morgan fingerprint density at radius 3 is 2.60 bits per heavy atom. The van der Waals surface area contributed by atoms with Gasteiger partial charge < -0.3 is 15.3 Å². The zero-order chi connectivity index (χ0) is 18.2. The van der Waals surface area contributed by atoms with E-state index >= 15 is 0 Å². The highest BCUT2D eigenvalue weighted by atomic mass is 16.4. The van der Waals surface area contributed by atoms with Gasteiger partial charge in [0.25, 0.3) is 0 Å². The van der Waals surface area contributed by atoms with Crippen LogP contribution < -0.4 is 0 Å². The number of unbranched alkanes of at least 4 members (excludes halogenated alkanes) is 4. The summed E-state index contributed by atoms with van der Waals surface area (Å²) >= 11 is 0. The minimum Gasteiger partial charge on any atom is -0.478 e. The molecule has 1 aromatic carbocycles. The molecule has 5 nitrogen and oxygen atoms in total. The maximum Gasteiger partial charge on any atom is 0.335 e. The van der Waals surface area contributed by atoms with E-state index in [9.17, 15) is 19.8 Å². The second kappa shape index (κ2) is 9.49. The second-order valence-electron chi connectivity index (χ2n) is 6.54. The fraction of sp³-hybridized carbons (Fsp3) is 0.500. The maximum atomic E-state index is 12.4. The first-order valence-corrected chi connectivity index (χ1v) is 8.86. The Morgan fingerprint density at radius 2 is 1.88 bits per heavy atom. The summed E-state index contributed by atoms with van der Waals surface area (Å²) in [7, 11) is 0. The molecule has 0 unspecified atom stereocenters. The van der Waals surface area contributed by atoms with Crippen molar-refractivity contribution in [2.75, 3.05) is 6.61 Å². The first-order valence-electron chi connectivity index (χ1n) is 8.86. The molecule has 3 atom stereocenters. The SMILES string of the molecule is O=C(O)c1ccccc1[C@@H]1C(=O)C[C@H](O)[C@H]1C=CCCCCCCO. The Morgan fingerprint density at radius 1 is 1.16 bits per heavy atom. The summed E-state index contributed by atoms with van der Waals surface area (Å²) in [6, 6.07) is 6.53. The Kier molecular flexibility index (Phi) is 7.34. The van der Waals surface area contributed by atoms with Crippen LogP contribution in [-0.4, -0.2) is 39.8 Å². The smallest absolute Gasteiger partial charge is 0.335 e. The maximum absolute atomic E-state index is 12.4. The van der Waals surface area contributed by atoms with Crippen molar-refractivity contribution in [2.24, 2.45) is 5.92 Å². The molecule has 0 saturated heterocycles. The van der Waals surface area contributed by atoms with E-state index in [1.165, 1.54) is 6.07 Å². The van der Waals surface area contributed by atoms with Gasteiger partial charge in [-0.15, -0.1) is 0 Å². The van der Waals surface area contributed by atoms with E-state index in [0.717, 1.165) is 32.1 Å². The van der Waals surface area contributed by atoms with Gasteiger partial charge in [-0.05, 0) is 30.9 Å². The topological polar surface area (TPSA) is 94.8 Å². The van der Waals surface area contributed by atoms with Crippen molar-refractivity contribution in [2.45, 2.75) is 50.5 Å². The molecule has 0 spiro atoms. The van der Waals surface area contributed by atoms with Gasteiger partial charge in [0.1, 0.15) is 5.78 Å². The predicted octanol–water partition coefficient (Wildman–Crippen LogP) is 2.92. The third-order valence-electron chi connectivity index (χ3n) is 4.75. The van der Waals surface area contributed by atoms with Crippen molar-refractivity contribution in [1.82, 2.24) is 0 Å². The number of hydrogen-bond acceptors (Lipinski definition) is 4. The molecule has 0 radical (unpaired) electrons. The van der Waals surface area contributed by atoms with Gasteiger partial charge in [-0.3, -0.25) is 4.79 Å². The van der Waals surface area contributed by atoms with E-state index in [2.05, 4.69) is 0 Å². The molecular weight excluding hydrogens is 320 g/mol. The normalized spacial score (nSPS) is 23.4. The number of allylic oxidation sites excluding steroid dienone is 1. The van der Waals surface area contributed by atoms with Gasteiger partial charge in [-0.1, -0.05) is 43.2 Å². The van der Waals surface area contributed by atoms with Crippen LogP contribution in [0.4, 0.5) is 0 Å². The van der Waals surface area contributed by atoms with Crippen molar-refractivity contribution in [1.29, 1.82) is 0 Å². The number of Topliss-reactive ketones (excluding diaryl/α,β-unsaturated/α-hetero) is 1. The van der Waals surface area contributed by atoms with E-state index in [4.69, 9.17) is 5.11 Å². The van der Waals surface area contributed by atoms with Gasteiger partial charge in [-0.2, -0.15) is 0 Å². The number of hydrogen-bond donors (Lipinski definition) is 3. The first-order chi connectivity index (χ1) is 12.1. The monoisotopic (exact) mass is 346 g/mol. The lowest BCUT2D eigenvalue weighted by atomic mass is 9.84. The third-order valence-corrected chi connectivity index (χ3v) is 4.75. The summed E-state index contributed by atoms with van der Waals surface area (Å²) in [5, 5.41) is 28.4. The van der Waals surface area contributed by atoms with Crippen LogP contribution in [0.25, 0.3) is 0 Å². The molecule has 1 aliphatic rings. The highest BCUT2D eigenvalue weighted by Crippen LogP contribution is 2.39. The lowest BCUT2D eigenvalue weighted by Gasteiger charge is -2.19. The van der Waals surface area contributed by atoms with E-state index in [0.29, 0.717) is 5.56 Å². The summed E-state index contributed by atoms with van der Waals surface area (Å²) in [6.45, 7) is 0.219. The van der Waals surface area contributed by atoms with E-state index in [1.54, 1.807) is 18.2 Å². The molecular formula is C20H26O5. The van der Waals surface area contributed by atoms with Crippen LogP contribution in [0, 0.1) is 5.92 Å². The molecule has 0 bridgehead atoms. The van der Waals surface area contributed by atoms with Crippen LogP contribution in [0.2, 0.25) is 0 Å². The average molecular weight is 346 g/mol. The largest absolute Gasteiger partial charge is 0.478 e. The molecule has 1 saturated carbocycles. The Bertz CT molecular complexity index is 622. The summed E-state index contributed by atoms with van der Waals surface area (Å²) in [4.78, 5) is 23.8. The number of benzene rings is 1. The van der Waals surface area contributed by atoms with Crippen molar-refractivity contribution in [3.05, 3.63) is 47.5 Å². The number of aliphatic hydroxyl groups excluding tert-OH is 2. The zero-order valence-electron chi connectivity index (χ0n) is 14.3. The number of carboxylic acids is 1. The molecule has 1 aromatic rings. The molecule has 0 amide bonds. The molecule has 1 aliphatic carbocycles. The number of carboxylic acid groups (broad SMARTS) is 1. The summed E-state index contributed by atoms with van der Waals surface area (Å²) in [6.07, 6.45) is 7.79. The Balaban J connectivity index is 2.08. The lowest BCUT2D eigenvalue weighted by Crippen LogP contribution is -2.19. The van der Waals surface area contributed by atoms with Crippen LogP contribution in [0.3, 0.4) is 0 Å². The third kappa shape index (κ3) is 5.00. The molecule has 2 rings (SSSR count). The number of rotatable bonds is 9. The van der Waals surface area contributed by atoms with E-state index < -0.39 is 18.0 Å². The van der Waals surface area contributed by atoms with Gasteiger partial charge in [0.2, 0.25) is 0 Å². The number of ketones is 1. The number of aliphatic hydroxyl groups is 2. The fourth-order valence-electron chi connectivity index (χ4n) is 3.47. The minimum absolute atomic E-state index is 0.0596. The lowest BCUT2D eigenvalue weighted by molar-refractivity contribution is -0.119. The van der Waals surface area contributed by atoms with Crippen LogP contribution in [0.1, 0.15) is 60.4 Å². The van der Waals surface area contributed by atoms with Crippen molar-refractivity contribution >= 4 is 11.8 Å². The molecule has 1 fully saturated rings. The van der Waals surface area contributed by atoms with Gasteiger partial charge >= 0.3 is 5.97 Å². The summed E-state index contributed by atoms with van der Waals surface area (Å²) < 4.78 is 0. The van der Waals surface area contributed by atoms with E-state index in [1.807, 2.05) is 12.2 Å². The quantitative estimate of drug-likeness (QED) is 0.472. The van der Waals surface area contributed by atoms with Crippen LogP contribution in [-0.2, 0) is 4.79 Å². The highest BCUT2D eigenvalue weighted by Gasteiger charge is 2.42. The standard InChI is InChI=1S/C20H26O5/c21-12-8-4-2-1-3-5-11-16-17(22)13-18(23)19(16)14-9-6-7-10-15(14)20(24)25/h5-7,9-11,16-17,19,21-22H,1-4,8,12-13H2,(H,24,25)/t16-,17+,19+/m1/s1. The highest BCUT2D eigenvalue weighted by molar-refractivity contribution is 5.95. The van der Waals surface area contributed by atoms with Crippen molar-refractivity contribution in [3.63, 3.8) is 0 Å². The van der Waals surface area contributed by atoms with Crippen LogP contribution in [0.15, 0.2) is 36.4 Å². The van der Waals surface area contributed by atoms with Gasteiger partial charge in [-0.25, -0.2) is 4.79 Å². The molecule has 0 heterocycles. The van der Waals surface area contributed by atoms with Gasteiger partial charge in [0.15, 0.2) is 0 Å². The summed E-state index contributed by atoms with van der Waals surface area (Å²) in [5.41, 5.74) is 0.603. The average Bonchev–Trinajstić information content (AvgIpc) is 2.87. The van der Waals surface area contributed by atoms with E-state index in [-0.39, 0.29) is 30.3 Å². The fourth-order valence-corrected chi connectivity index (χ4v) is 3.47. The van der Waals surface area contributed by atoms with Crippen LogP contribution in [0.5, 0.6) is 0 Å². The van der Waals surface area contributed by atoms with Crippen molar-refractivity contribution in [3.8, 4) is 0 Å². The Hall–Kier alpha value is -1.98. The van der Waals surface area contributed by atoms with Gasteiger partial charge in [0, 0.05) is 18.9 Å². The van der Waals surface area contributed by atoms with Gasteiger partial charge in [0.05, 0.1) is 17.6 Å². The summed E-state index contributed by atoms with van der Waals surface area (Å²) in [5.74, 6) is -2.16. The molecule has 5 heteroatoms. The number of aromatic carboxylic acids is 1. The molecule has 0 aliphatic heterocycles. The molecule has 0 aromatic heterocycles. The number of carbonyl (C=O) groups is 2. The minimum atomic E-state index is -1.06. The second-order valence-corrected chi connectivity index (χ2v) is 6.54. The Labute approximate surface area is 148 Å². The van der Waals surface area contributed by atoms with Crippen LogP contribution >= 0.6 is 0 Å².